The van der Waals surface area contributed by atoms with Crippen molar-refractivity contribution in [2.45, 2.75) is 45.8 Å². The van der Waals surface area contributed by atoms with Gasteiger partial charge in [-0.05, 0) is 32.5 Å². The smallest absolute Gasteiger partial charge is 0.222 e. The molecule has 0 bridgehead atoms. The molecule has 0 saturated carbocycles. The van der Waals surface area contributed by atoms with Gasteiger partial charge in [0, 0.05) is 19.7 Å². The van der Waals surface area contributed by atoms with E-state index in [1.165, 1.54) is 0 Å². The Morgan fingerprint density at radius 3 is 2.14 bits per heavy atom. The lowest BCUT2D eigenvalue weighted by molar-refractivity contribution is -0.125. The Morgan fingerprint density at radius 1 is 1.29 bits per heavy atom. The SMILES string of the molecule is COC(CN)CC(=O)NC(CCN(C)C)C(C)(C)C.Cl.Cl. The normalized spacial score (nSPS) is 13.9. The number of nitrogens with one attached hydrogen (secondary N) is 1. The Bertz CT molecular complexity index is 267. The first-order chi connectivity index (χ1) is 8.70. The lowest BCUT2D eigenvalue weighted by atomic mass is 9.84. The predicted molar refractivity (Wildman–Crippen MR) is 93.5 cm³/mol. The molecule has 0 aliphatic rings. The molecule has 0 fully saturated rings. The van der Waals surface area contributed by atoms with Gasteiger partial charge in [-0.25, -0.2) is 0 Å². The van der Waals surface area contributed by atoms with Crippen molar-refractivity contribution in [2.75, 3.05) is 34.3 Å². The summed E-state index contributed by atoms with van der Waals surface area (Å²) in [5.41, 5.74) is 5.57. The van der Waals surface area contributed by atoms with Gasteiger partial charge in [0.05, 0.1) is 12.5 Å². The molecular formula is C14H33Cl2N3O2. The number of carbonyl (C=O) groups is 1. The van der Waals surface area contributed by atoms with Crippen LogP contribution in [0.15, 0.2) is 0 Å². The molecule has 0 radical (unpaired) electrons. The third kappa shape index (κ3) is 12.2. The van der Waals surface area contributed by atoms with Crippen LogP contribution in [0.5, 0.6) is 0 Å². The van der Waals surface area contributed by atoms with Crippen LogP contribution in [0.1, 0.15) is 33.6 Å². The Hall–Kier alpha value is -0.0700. The molecule has 0 aliphatic carbocycles. The van der Waals surface area contributed by atoms with Gasteiger partial charge in [0.1, 0.15) is 0 Å². The molecule has 0 spiro atoms. The topological polar surface area (TPSA) is 67.6 Å². The lowest BCUT2D eigenvalue weighted by Gasteiger charge is -2.32. The molecule has 2 atom stereocenters. The van der Waals surface area contributed by atoms with Gasteiger partial charge in [-0.3, -0.25) is 4.79 Å². The summed E-state index contributed by atoms with van der Waals surface area (Å²) < 4.78 is 5.14. The number of ether oxygens (including phenoxy) is 1. The van der Waals surface area contributed by atoms with Crippen molar-refractivity contribution < 1.29 is 9.53 Å². The van der Waals surface area contributed by atoms with E-state index >= 15 is 0 Å². The van der Waals surface area contributed by atoms with E-state index in [2.05, 4.69) is 31.0 Å². The molecule has 0 rings (SSSR count). The van der Waals surface area contributed by atoms with Crippen molar-refractivity contribution in [3.8, 4) is 0 Å². The van der Waals surface area contributed by atoms with Crippen molar-refractivity contribution in [1.82, 2.24) is 10.2 Å². The zero-order valence-corrected chi connectivity index (χ0v) is 15.8. The first-order valence-corrected chi connectivity index (χ1v) is 6.87. The maximum absolute atomic E-state index is 12.0. The van der Waals surface area contributed by atoms with Crippen LogP contribution in [-0.4, -0.2) is 57.2 Å². The Balaban J connectivity index is -0.00000162. The fourth-order valence-corrected chi connectivity index (χ4v) is 1.83. The van der Waals surface area contributed by atoms with Crippen LogP contribution in [-0.2, 0) is 9.53 Å². The van der Waals surface area contributed by atoms with E-state index in [1.54, 1.807) is 7.11 Å². The fourth-order valence-electron chi connectivity index (χ4n) is 1.83. The van der Waals surface area contributed by atoms with E-state index in [4.69, 9.17) is 10.5 Å². The van der Waals surface area contributed by atoms with E-state index in [-0.39, 0.29) is 48.3 Å². The summed E-state index contributed by atoms with van der Waals surface area (Å²) >= 11 is 0. The fraction of sp³-hybridized carbons (Fsp3) is 0.929. The first-order valence-electron chi connectivity index (χ1n) is 6.87. The van der Waals surface area contributed by atoms with E-state index in [0.717, 1.165) is 13.0 Å². The molecule has 21 heavy (non-hydrogen) atoms. The van der Waals surface area contributed by atoms with Gasteiger partial charge in [0.25, 0.3) is 0 Å². The number of rotatable bonds is 8. The first kappa shape index (κ1) is 25.9. The minimum absolute atomic E-state index is 0. The Kier molecular flexibility index (Phi) is 15.4. The molecule has 1 amide bonds. The quantitative estimate of drug-likeness (QED) is 0.702. The number of nitrogens with zero attached hydrogens (tertiary/aromatic N) is 1. The highest BCUT2D eigenvalue weighted by Crippen LogP contribution is 2.22. The summed E-state index contributed by atoms with van der Waals surface area (Å²) in [6.45, 7) is 7.74. The van der Waals surface area contributed by atoms with Gasteiger partial charge < -0.3 is 20.7 Å². The number of hydrogen-bond donors (Lipinski definition) is 2. The second-order valence-corrected chi connectivity index (χ2v) is 6.38. The summed E-state index contributed by atoms with van der Waals surface area (Å²) in [5, 5.41) is 3.11. The number of amides is 1. The average molecular weight is 346 g/mol. The van der Waals surface area contributed by atoms with Crippen LogP contribution in [0, 0.1) is 5.41 Å². The monoisotopic (exact) mass is 345 g/mol. The van der Waals surface area contributed by atoms with Crippen LogP contribution in [0.2, 0.25) is 0 Å². The summed E-state index contributed by atoms with van der Waals surface area (Å²) in [4.78, 5) is 14.1. The van der Waals surface area contributed by atoms with Gasteiger partial charge >= 0.3 is 0 Å². The van der Waals surface area contributed by atoms with Crippen LogP contribution >= 0.6 is 24.8 Å². The van der Waals surface area contributed by atoms with E-state index in [1.807, 2.05) is 14.1 Å². The highest BCUT2D eigenvalue weighted by molar-refractivity contribution is 5.85. The minimum Gasteiger partial charge on any atom is -0.380 e. The van der Waals surface area contributed by atoms with Crippen molar-refractivity contribution in [3.63, 3.8) is 0 Å². The van der Waals surface area contributed by atoms with Gasteiger partial charge in [-0.1, -0.05) is 20.8 Å². The third-order valence-electron chi connectivity index (χ3n) is 3.25. The van der Waals surface area contributed by atoms with Crippen molar-refractivity contribution in [2.24, 2.45) is 11.1 Å². The molecule has 0 aromatic rings. The van der Waals surface area contributed by atoms with Crippen molar-refractivity contribution in [1.29, 1.82) is 0 Å². The molecule has 0 aromatic heterocycles. The maximum Gasteiger partial charge on any atom is 0.222 e. The Morgan fingerprint density at radius 2 is 1.81 bits per heavy atom. The second-order valence-electron chi connectivity index (χ2n) is 6.38. The Labute approximate surface area is 142 Å². The lowest BCUT2D eigenvalue weighted by Crippen LogP contribution is -2.46. The summed E-state index contributed by atoms with van der Waals surface area (Å²) in [7, 11) is 5.66. The third-order valence-corrected chi connectivity index (χ3v) is 3.25. The predicted octanol–water partition coefficient (Wildman–Crippen LogP) is 1.68. The summed E-state index contributed by atoms with van der Waals surface area (Å²) in [5.74, 6) is 0.0102. The zero-order valence-electron chi connectivity index (χ0n) is 14.1. The van der Waals surface area contributed by atoms with Crippen molar-refractivity contribution in [3.05, 3.63) is 0 Å². The molecule has 0 saturated heterocycles. The van der Waals surface area contributed by atoms with Crippen LogP contribution in [0.3, 0.4) is 0 Å². The van der Waals surface area contributed by atoms with Gasteiger partial charge in [-0.15, -0.1) is 24.8 Å². The molecule has 5 nitrogen and oxygen atoms in total. The van der Waals surface area contributed by atoms with E-state index in [9.17, 15) is 4.79 Å². The second kappa shape index (κ2) is 12.5. The van der Waals surface area contributed by atoms with Crippen LogP contribution in [0.4, 0.5) is 0 Å². The summed E-state index contributed by atoms with van der Waals surface area (Å²) in [6, 6.07) is 0.151. The molecule has 0 aliphatic heterocycles. The van der Waals surface area contributed by atoms with Gasteiger partial charge in [0.2, 0.25) is 5.91 Å². The average Bonchev–Trinajstić information content (AvgIpc) is 2.29. The number of carbonyl (C=O) groups excluding carboxylic acids is 1. The number of halogens is 2. The molecule has 3 N–H and O–H groups in total. The molecule has 2 unspecified atom stereocenters. The minimum atomic E-state index is -0.200. The van der Waals surface area contributed by atoms with E-state index in [0.29, 0.717) is 13.0 Å². The summed E-state index contributed by atoms with van der Waals surface area (Å²) in [6.07, 6.45) is 1.05. The molecular weight excluding hydrogens is 313 g/mol. The van der Waals surface area contributed by atoms with Gasteiger partial charge in [0.15, 0.2) is 0 Å². The van der Waals surface area contributed by atoms with Crippen LogP contribution in [0.25, 0.3) is 0 Å². The molecule has 7 heteroatoms. The standard InChI is InChI=1S/C14H31N3O2.2ClH/c1-14(2,3)12(7-8-17(4)5)16-13(18)9-11(10-15)19-6;;/h11-12H,7-10,15H2,1-6H3,(H,16,18);2*1H. The van der Waals surface area contributed by atoms with Crippen LogP contribution < -0.4 is 11.1 Å². The number of methoxy groups -OCH3 is 1. The highest BCUT2D eigenvalue weighted by atomic mass is 35.5. The largest absolute Gasteiger partial charge is 0.380 e. The van der Waals surface area contributed by atoms with Gasteiger partial charge in [-0.2, -0.15) is 0 Å². The molecule has 0 aromatic carbocycles. The molecule has 0 heterocycles. The number of nitrogens with two attached hydrogens (primary N) is 1. The zero-order chi connectivity index (χ0) is 15.1. The maximum atomic E-state index is 12.0. The molecule has 130 valence electrons. The van der Waals surface area contributed by atoms with E-state index < -0.39 is 0 Å². The number of hydrogen-bond acceptors (Lipinski definition) is 4. The highest BCUT2D eigenvalue weighted by Gasteiger charge is 2.26. The van der Waals surface area contributed by atoms with Crippen molar-refractivity contribution >= 4 is 30.7 Å².